The number of nitrogens with zero attached hydrogens (tertiary/aromatic N) is 2. The van der Waals surface area contributed by atoms with Gasteiger partial charge in [-0.3, -0.25) is 9.88 Å². The van der Waals surface area contributed by atoms with Crippen molar-refractivity contribution in [3.05, 3.63) is 151 Å². The van der Waals surface area contributed by atoms with Gasteiger partial charge in [0.25, 0.3) is 0 Å². The first kappa shape index (κ1) is 32.0. The van der Waals surface area contributed by atoms with Gasteiger partial charge in [-0.2, -0.15) is 0 Å². The Bertz CT molecular complexity index is 1200. The molecule has 0 unspecified atom stereocenters. The molecule has 0 saturated heterocycles. The standard InChI is InChI=1S/C34H34N2P2.2ClH.Ru/c1-5-16-31(17-6-1)37(32-18-7-2-8-19-32)27-25-36(29-30-15-13-14-24-35-30)26-28-38(33-20-9-3-10-21-33)34-22-11-4-12-23-34;;;/h1-24H,25-29H2;2*1H;/q;;;+2. The van der Waals surface area contributed by atoms with Crippen molar-refractivity contribution >= 4 is 56.4 Å². The van der Waals surface area contributed by atoms with Gasteiger partial charge in [0, 0.05) is 25.8 Å². The third-order valence-corrected chi connectivity index (χ3v) is 12.5. The van der Waals surface area contributed by atoms with Gasteiger partial charge >= 0.3 is 34.5 Å². The minimum absolute atomic E-state index is 0.346. The molecule has 212 valence electrons. The van der Waals surface area contributed by atoms with Crippen molar-refractivity contribution in [3.63, 3.8) is 0 Å². The number of benzene rings is 4. The fraction of sp³-hybridized carbons (Fsp3) is 0.147. The molecule has 0 aliphatic heterocycles. The van der Waals surface area contributed by atoms with Gasteiger partial charge in [0.15, 0.2) is 0 Å². The molecule has 0 atom stereocenters. The maximum atomic E-state index is 4.85. The normalized spacial score (nSPS) is 11.0. The average Bonchev–Trinajstić information content (AvgIpc) is 3.04. The number of hydrogen-bond donors (Lipinski definition) is 0. The second-order valence-electron chi connectivity index (χ2n) is 9.57. The smallest absolute Gasteiger partial charge is 0.0967 e. The van der Waals surface area contributed by atoms with Crippen LogP contribution in [-0.2, 0) is 21.7 Å². The van der Waals surface area contributed by atoms with Gasteiger partial charge < -0.3 is 0 Å². The van der Waals surface area contributed by atoms with Crippen LogP contribution in [0.4, 0.5) is 0 Å². The fourth-order valence-corrected chi connectivity index (χ4v) is 10.3. The van der Waals surface area contributed by atoms with Crippen molar-refractivity contribution in [3.8, 4) is 0 Å². The van der Waals surface area contributed by atoms with E-state index >= 15 is 0 Å². The van der Waals surface area contributed by atoms with E-state index in [0.717, 1.165) is 25.3 Å². The third-order valence-electron chi connectivity index (χ3n) is 6.96. The van der Waals surface area contributed by atoms with E-state index in [1.807, 2.05) is 12.3 Å². The van der Waals surface area contributed by atoms with Crippen LogP contribution in [0.1, 0.15) is 5.69 Å². The van der Waals surface area contributed by atoms with Crippen molar-refractivity contribution in [1.82, 2.24) is 9.88 Å². The molecule has 0 amide bonds. The Kier molecular flexibility index (Phi) is 14.5. The fourth-order valence-electron chi connectivity index (χ4n) is 5.00. The van der Waals surface area contributed by atoms with Crippen LogP contribution in [0.3, 0.4) is 0 Å². The number of rotatable bonds is 12. The number of halogens is 2. The van der Waals surface area contributed by atoms with Crippen molar-refractivity contribution in [2.75, 3.05) is 25.4 Å². The molecule has 5 rings (SSSR count). The first-order valence-electron chi connectivity index (χ1n) is 13.7. The van der Waals surface area contributed by atoms with Crippen molar-refractivity contribution in [2.45, 2.75) is 6.54 Å². The molecule has 2 nitrogen and oxygen atoms in total. The van der Waals surface area contributed by atoms with E-state index in [1.165, 1.54) is 33.5 Å². The quantitative estimate of drug-likeness (QED) is 0.103. The molecule has 0 N–H and O–H groups in total. The van der Waals surface area contributed by atoms with Crippen molar-refractivity contribution < 1.29 is 15.1 Å². The number of hydrogen-bond acceptors (Lipinski definition) is 2. The summed E-state index contributed by atoms with van der Waals surface area (Å²) in [6, 6.07) is 50.8. The van der Waals surface area contributed by atoms with Crippen LogP contribution in [0.25, 0.3) is 0 Å². The van der Waals surface area contributed by atoms with Crippen LogP contribution >= 0.6 is 35.2 Å². The second kappa shape index (κ2) is 18.6. The summed E-state index contributed by atoms with van der Waals surface area (Å²) in [6.07, 6.45) is 4.26. The van der Waals surface area contributed by atoms with Gasteiger partial charge in [-0.05, 0) is 60.7 Å². The summed E-state index contributed by atoms with van der Waals surface area (Å²) >= 11 is -0.346. The Balaban J connectivity index is 0.00000124. The Morgan fingerprint density at radius 1 is 0.512 bits per heavy atom. The maximum absolute atomic E-state index is 4.85. The molecular weight excluding hydrogens is 670 g/mol. The second-order valence-corrected chi connectivity index (χ2v) is 17.4. The van der Waals surface area contributed by atoms with Crippen LogP contribution in [-0.4, -0.2) is 35.3 Å². The molecule has 0 aliphatic carbocycles. The SMILES string of the molecule is [Cl][Ru][Cl].c1ccc([PH+](CCN(CC[PH+](c2ccccc2)c2ccccc2)Cc2ccccn2)c2ccccc2)cc1. The maximum Gasteiger partial charge on any atom is 0.0967 e. The van der Waals surface area contributed by atoms with Gasteiger partial charge in [0.1, 0.15) is 0 Å². The van der Waals surface area contributed by atoms with Crippen molar-refractivity contribution in [1.29, 1.82) is 0 Å². The Hall–Kier alpha value is -1.95. The zero-order valence-electron chi connectivity index (χ0n) is 22.9. The molecule has 0 aliphatic rings. The molecule has 0 fully saturated rings. The Labute approximate surface area is 263 Å². The summed E-state index contributed by atoms with van der Waals surface area (Å²) < 4.78 is 0. The molecule has 5 aromatic rings. The largest absolute Gasteiger partial charge is 0.290 e. The Morgan fingerprint density at radius 3 is 1.17 bits per heavy atom. The molecule has 0 saturated carbocycles. The molecular formula is C34H36Cl2N2P2Ru+2. The first-order valence-corrected chi connectivity index (χ1v) is 21.6. The van der Waals surface area contributed by atoms with Gasteiger partial charge in [-0.25, -0.2) is 0 Å². The Morgan fingerprint density at radius 2 is 0.854 bits per heavy atom. The molecule has 1 heterocycles. The molecule has 1 aromatic heterocycles. The third kappa shape index (κ3) is 10.7. The van der Waals surface area contributed by atoms with Crippen LogP contribution in [0.15, 0.2) is 146 Å². The van der Waals surface area contributed by atoms with E-state index in [2.05, 4.69) is 143 Å². The van der Waals surface area contributed by atoms with E-state index in [1.54, 1.807) is 0 Å². The summed E-state index contributed by atoms with van der Waals surface area (Å²) in [5, 5.41) is 5.94. The van der Waals surface area contributed by atoms with Gasteiger partial charge in [-0.15, -0.1) is 0 Å². The van der Waals surface area contributed by atoms with Gasteiger partial charge in [-0.1, -0.05) is 78.9 Å². The van der Waals surface area contributed by atoms with E-state index in [9.17, 15) is 0 Å². The van der Waals surface area contributed by atoms with E-state index in [4.69, 9.17) is 19.4 Å². The molecule has 0 radical (unpaired) electrons. The van der Waals surface area contributed by atoms with Crippen LogP contribution in [0.5, 0.6) is 0 Å². The molecule has 41 heavy (non-hydrogen) atoms. The molecule has 0 spiro atoms. The van der Waals surface area contributed by atoms with Gasteiger partial charge in [0.05, 0.1) is 55.1 Å². The summed E-state index contributed by atoms with van der Waals surface area (Å²) in [5.74, 6) is 0. The predicted octanol–water partition coefficient (Wildman–Crippen LogP) is 6.99. The minimum atomic E-state index is -0.881. The average molecular weight is 707 g/mol. The van der Waals surface area contributed by atoms with Gasteiger partial charge in [0.2, 0.25) is 0 Å². The zero-order valence-corrected chi connectivity index (χ0v) is 28.1. The van der Waals surface area contributed by atoms with Crippen LogP contribution in [0.2, 0.25) is 0 Å². The van der Waals surface area contributed by atoms with E-state index < -0.39 is 15.8 Å². The number of pyridine rings is 1. The zero-order chi connectivity index (χ0) is 28.5. The number of aromatic nitrogens is 1. The summed E-state index contributed by atoms with van der Waals surface area (Å²) in [7, 11) is 7.95. The minimum Gasteiger partial charge on any atom is -0.290 e. The van der Waals surface area contributed by atoms with Crippen LogP contribution in [0, 0.1) is 0 Å². The molecule has 0 bridgehead atoms. The monoisotopic (exact) mass is 706 g/mol. The molecule has 7 heteroatoms. The first-order chi connectivity index (χ1) is 20.3. The van der Waals surface area contributed by atoms with Crippen LogP contribution < -0.4 is 21.2 Å². The predicted molar refractivity (Wildman–Crippen MR) is 182 cm³/mol. The van der Waals surface area contributed by atoms with E-state index in [0.29, 0.717) is 0 Å². The summed E-state index contributed by atoms with van der Waals surface area (Å²) in [6.45, 7) is 3.01. The van der Waals surface area contributed by atoms with E-state index in [-0.39, 0.29) is 15.1 Å². The summed E-state index contributed by atoms with van der Waals surface area (Å²) in [4.78, 5) is 7.33. The molecule has 4 aromatic carbocycles. The summed E-state index contributed by atoms with van der Waals surface area (Å²) in [5.41, 5.74) is 1.15. The topological polar surface area (TPSA) is 16.1 Å². The van der Waals surface area contributed by atoms with Crippen molar-refractivity contribution in [2.24, 2.45) is 0 Å².